The van der Waals surface area contributed by atoms with E-state index in [2.05, 4.69) is 0 Å². The van der Waals surface area contributed by atoms with Crippen LogP contribution >= 0.6 is 0 Å². The van der Waals surface area contributed by atoms with E-state index >= 15 is 0 Å². The van der Waals surface area contributed by atoms with E-state index < -0.39 is 109 Å². The number of nitrogens with zero attached hydrogens (tertiary/aromatic N) is 1. The first-order chi connectivity index (χ1) is 22.6. The molecule has 0 amide bonds. The van der Waals surface area contributed by atoms with Gasteiger partial charge in [0.25, 0.3) is 0 Å². The lowest BCUT2D eigenvalue weighted by atomic mass is 9.74. The van der Waals surface area contributed by atoms with Gasteiger partial charge in [0.15, 0.2) is 12.4 Å². The molecular formula is C35H61NO13. The number of rotatable bonds is 6. The largest absolute Gasteiger partial charge is 0.459 e. The first-order valence-electron chi connectivity index (χ1n) is 17.5. The lowest BCUT2D eigenvalue weighted by molar-refractivity contribution is -0.305. The number of cyclic esters (lactones) is 1. The summed E-state index contributed by atoms with van der Waals surface area (Å²) < 4.78 is 37.6. The van der Waals surface area contributed by atoms with Gasteiger partial charge in [-0.25, -0.2) is 0 Å². The smallest absolute Gasteiger partial charge is 0.311 e. The van der Waals surface area contributed by atoms with Gasteiger partial charge in [0.05, 0.1) is 61.8 Å². The second-order valence-corrected chi connectivity index (χ2v) is 15.4. The fourth-order valence-electron chi connectivity index (χ4n) is 7.80. The van der Waals surface area contributed by atoms with Crippen molar-refractivity contribution in [3.05, 3.63) is 0 Å². The molecule has 284 valence electrons. The third-order valence-electron chi connectivity index (χ3n) is 10.8. The SMILES string of the molecule is CC[C@H]1OC(=O)[C@H](C)[C@H]2OCC(O)(CO)CO[C@](C)(C[C@@H](C)C(=O)[C@H](C)[C@@H](O)[C@]1(C)O)[C@H](O[C@H]1O[C@H](C)C[C@H](N(C)C)[C@H]1OC(C)=O)[C@@H]2C. The van der Waals surface area contributed by atoms with Gasteiger partial charge in [-0.3, -0.25) is 14.4 Å². The molecule has 0 radical (unpaired) electrons. The monoisotopic (exact) mass is 703 g/mol. The van der Waals surface area contributed by atoms with Crippen LogP contribution in [0.5, 0.6) is 0 Å². The summed E-state index contributed by atoms with van der Waals surface area (Å²) in [6.45, 7) is 13.0. The van der Waals surface area contributed by atoms with Gasteiger partial charge in [0, 0.05) is 24.7 Å². The van der Waals surface area contributed by atoms with Crippen LogP contribution in [0.3, 0.4) is 0 Å². The van der Waals surface area contributed by atoms with Crippen molar-refractivity contribution in [2.45, 2.75) is 147 Å². The van der Waals surface area contributed by atoms with Crippen molar-refractivity contribution in [1.82, 2.24) is 4.90 Å². The fourth-order valence-corrected chi connectivity index (χ4v) is 7.80. The Kier molecular flexibility index (Phi) is 13.9. The Balaban J connectivity index is 2.26. The van der Waals surface area contributed by atoms with Crippen LogP contribution < -0.4 is 0 Å². The quantitative estimate of drug-likeness (QED) is 0.289. The molecular weight excluding hydrogens is 642 g/mol. The summed E-state index contributed by atoms with van der Waals surface area (Å²) in [5.74, 6) is -5.25. The van der Waals surface area contributed by atoms with Crippen molar-refractivity contribution in [3.63, 3.8) is 0 Å². The number of ketones is 1. The summed E-state index contributed by atoms with van der Waals surface area (Å²) >= 11 is 0. The van der Waals surface area contributed by atoms with Crippen molar-refractivity contribution in [3.8, 4) is 0 Å². The van der Waals surface area contributed by atoms with Crippen molar-refractivity contribution in [2.24, 2.45) is 23.7 Å². The number of esters is 2. The highest BCUT2D eigenvalue weighted by Gasteiger charge is 2.54. The Bertz CT molecular complexity index is 1150. The summed E-state index contributed by atoms with van der Waals surface area (Å²) in [4.78, 5) is 42.1. The lowest BCUT2D eigenvalue weighted by Crippen LogP contribution is -2.61. The molecule has 0 aromatic carbocycles. The normalized spacial score (nSPS) is 46.3. The molecule has 3 rings (SSSR count). The molecule has 3 aliphatic rings. The molecule has 14 nitrogen and oxygen atoms in total. The number of hydrogen-bond donors (Lipinski definition) is 4. The molecule has 14 heteroatoms. The van der Waals surface area contributed by atoms with Crippen molar-refractivity contribution in [1.29, 1.82) is 0 Å². The first kappa shape index (κ1) is 41.7. The molecule has 49 heavy (non-hydrogen) atoms. The van der Waals surface area contributed by atoms with E-state index in [0.717, 1.165) is 0 Å². The highest BCUT2D eigenvalue weighted by Crippen LogP contribution is 2.42. The number of likely N-dealkylation sites (N-methyl/N-ethyl adjacent to an activating group) is 1. The Hall–Kier alpha value is -1.75. The minimum absolute atomic E-state index is 0.00190. The Morgan fingerprint density at radius 1 is 1.04 bits per heavy atom. The second-order valence-electron chi connectivity index (χ2n) is 15.4. The molecule has 3 fully saturated rings. The van der Waals surface area contributed by atoms with Crippen molar-refractivity contribution < 1.29 is 63.2 Å². The molecule has 2 bridgehead atoms. The second kappa shape index (κ2) is 16.3. The van der Waals surface area contributed by atoms with Gasteiger partial charge in [0.1, 0.15) is 23.1 Å². The number of carbonyl (C=O) groups excluding carboxylic acids is 3. The zero-order valence-electron chi connectivity index (χ0n) is 31.1. The van der Waals surface area contributed by atoms with E-state index in [1.807, 2.05) is 25.9 Å². The third-order valence-corrected chi connectivity index (χ3v) is 10.8. The summed E-state index contributed by atoms with van der Waals surface area (Å²) in [6.07, 6.45) is -6.37. The predicted molar refractivity (Wildman–Crippen MR) is 176 cm³/mol. The standard InChI is InChI=1S/C35H61NO13/c1-12-25-34(9,42)29(40)20(4)26(39)18(2)14-33(8)30(49-32-28(47-23(7)38)24(36(10)11)13-19(3)46-32)21(5)27(22(6)31(41)48-25)44-16-35(43,15-37)17-45-33/h18-22,24-25,27-30,32,37,40,42-43H,12-17H2,1-11H3/t18-,19-,20+,21-,22-,24+,25-,27+,28-,29-,30-,32-,33-,34-,35?/m1/s1. The highest BCUT2D eigenvalue weighted by molar-refractivity contribution is 5.83. The van der Waals surface area contributed by atoms with Gasteiger partial charge in [-0.05, 0) is 61.1 Å². The maximum atomic E-state index is 14.0. The van der Waals surface area contributed by atoms with Crippen molar-refractivity contribution >= 4 is 17.7 Å². The van der Waals surface area contributed by atoms with Crippen LogP contribution in [0.1, 0.15) is 81.6 Å². The Morgan fingerprint density at radius 2 is 1.67 bits per heavy atom. The molecule has 0 saturated carbocycles. The number of aliphatic hydroxyl groups is 4. The topological polar surface area (TPSA) is 191 Å². The maximum Gasteiger partial charge on any atom is 0.311 e. The summed E-state index contributed by atoms with van der Waals surface area (Å²) in [7, 11) is 3.74. The zero-order chi connectivity index (χ0) is 37.2. The van der Waals surface area contributed by atoms with E-state index in [9.17, 15) is 34.8 Å². The summed E-state index contributed by atoms with van der Waals surface area (Å²) in [6, 6.07) is -0.281. The van der Waals surface area contributed by atoms with E-state index in [-0.39, 0.29) is 30.8 Å². The van der Waals surface area contributed by atoms with Gasteiger partial charge in [-0.1, -0.05) is 27.7 Å². The summed E-state index contributed by atoms with van der Waals surface area (Å²) in [5, 5.41) is 44.5. The highest BCUT2D eigenvalue weighted by atomic mass is 16.7. The molecule has 0 aliphatic carbocycles. The zero-order valence-corrected chi connectivity index (χ0v) is 31.1. The molecule has 4 N–H and O–H groups in total. The molecule has 0 aromatic heterocycles. The van der Waals surface area contributed by atoms with E-state index in [1.54, 1.807) is 34.6 Å². The summed E-state index contributed by atoms with van der Waals surface area (Å²) in [5.41, 5.74) is -5.27. The van der Waals surface area contributed by atoms with Crippen LogP contribution in [0.15, 0.2) is 0 Å². The number of Topliss-reactive ketones (excluding diaryl/α,β-unsaturated/α-hetero) is 1. The van der Waals surface area contributed by atoms with E-state index in [1.165, 1.54) is 20.8 Å². The molecule has 0 spiro atoms. The van der Waals surface area contributed by atoms with Gasteiger partial charge in [-0.15, -0.1) is 0 Å². The Labute approximate surface area is 290 Å². The average molecular weight is 704 g/mol. The average Bonchev–Trinajstić information content (AvgIpc) is 3.06. The lowest BCUT2D eigenvalue weighted by Gasteiger charge is -2.49. The van der Waals surface area contributed by atoms with Crippen LogP contribution in [-0.2, 0) is 42.8 Å². The predicted octanol–water partition coefficient (Wildman–Crippen LogP) is 1.22. The number of carbonyl (C=O) groups is 3. The minimum atomic E-state index is -1.97. The van der Waals surface area contributed by atoms with Crippen LogP contribution in [0.4, 0.5) is 0 Å². The molecule has 3 heterocycles. The molecule has 15 atom stereocenters. The number of fused-ring (bicyclic) bond motifs is 3. The molecule has 3 aliphatic heterocycles. The van der Waals surface area contributed by atoms with Gasteiger partial charge in [0.2, 0.25) is 0 Å². The molecule has 1 unspecified atom stereocenters. The molecule has 3 saturated heterocycles. The number of ether oxygens (including phenoxy) is 6. The van der Waals surface area contributed by atoms with E-state index in [0.29, 0.717) is 6.42 Å². The number of aliphatic hydroxyl groups excluding tert-OH is 2. The van der Waals surface area contributed by atoms with Gasteiger partial charge < -0.3 is 53.7 Å². The Morgan fingerprint density at radius 3 is 2.22 bits per heavy atom. The van der Waals surface area contributed by atoms with Crippen molar-refractivity contribution in [2.75, 3.05) is 33.9 Å². The van der Waals surface area contributed by atoms with Crippen LogP contribution in [-0.4, -0.2) is 143 Å². The van der Waals surface area contributed by atoms with Crippen LogP contribution in [0.25, 0.3) is 0 Å². The number of hydrogen-bond acceptors (Lipinski definition) is 14. The first-order valence-corrected chi connectivity index (χ1v) is 17.5. The van der Waals surface area contributed by atoms with Crippen LogP contribution in [0.2, 0.25) is 0 Å². The van der Waals surface area contributed by atoms with E-state index in [4.69, 9.17) is 28.4 Å². The third kappa shape index (κ3) is 9.19. The fraction of sp³-hybridized carbons (Fsp3) is 0.914. The molecule has 0 aromatic rings. The van der Waals surface area contributed by atoms with Gasteiger partial charge >= 0.3 is 11.9 Å². The van der Waals surface area contributed by atoms with Crippen LogP contribution in [0, 0.1) is 23.7 Å². The minimum Gasteiger partial charge on any atom is -0.459 e. The van der Waals surface area contributed by atoms with Gasteiger partial charge in [-0.2, -0.15) is 0 Å². The maximum absolute atomic E-state index is 14.0.